The van der Waals surface area contributed by atoms with Gasteiger partial charge in [0.2, 0.25) is 17.8 Å². The quantitative estimate of drug-likeness (QED) is 0.537. The monoisotopic (exact) mass is 418 g/mol. The topological polar surface area (TPSA) is 98.5 Å². The minimum atomic E-state index is -0.137. The molecule has 0 saturated heterocycles. The normalized spacial score (nSPS) is 13.3. The highest BCUT2D eigenvalue weighted by Gasteiger charge is 2.17. The summed E-state index contributed by atoms with van der Waals surface area (Å²) in [4.78, 5) is 12.3. The Morgan fingerprint density at radius 1 is 1.29 bits per heavy atom. The van der Waals surface area contributed by atoms with Gasteiger partial charge < -0.3 is 24.5 Å². The molecular weight excluding hydrogens is 400 g/mol. The summed E-state index contributed by atoms with van der Waals surface area (Å²) in [5.41, 5.74) is 0.961. The molecule has 1 aliphatic rings. The number of ether oxygens (including phenoxy) is 2. The van der Waals surface area contributed by atoms with Crippen LogP contribution in [0, 0.1) is 0 Å². The van der Waals surface area contributed by atoms with Gasteiger partial charge in [0, 0.05) is 0 Å². The van der Waals surface area contributed by atoms with Crippen LogP contribution >= 0.6 is 23.1 Å². The molecule has 2 aromatic heterocycles. The third kappa shape index (κ3) is 4.57. The maximum Gasteiger partial charge on any atom is 0.231 e. The van der Waals surface area contributed by atoms with Gasteiger partial charge in [-0.15, -0.1) is 10.2 Å². The molecule has 0 fully saturated rings. The van der Waals surface area contributed by atoms with Gasteiger partial charge >= 0.3 is 0 Å². The van der Waals surface area contributed by atoms with Crippen molar-refractivity contribution < 1.29 is 18.7 Å². The molecule has 3 aromatic rings. The lowest BCUT2D eigenvalue weighted by Crippen LogP contribution is -2.28. The fraction of sp³-hybridized carbons (Fsp3) is 0.278. The summed E-state index contributed by atoms with van der Waals surface area (Å²) in [5.74, 6) is 2.44. The Hall–Kier alpha value is -2.72. The van der Waals surface area contributed by atoms with Crippen LogP contribution < -0.4 is 20.1 Å². The number of thioether (sulfide) groups is 1. The first kappa shape index (κ1) is 18.6. The molecule has 10 heteroatoms. The zero-order chi connectivity index (χ0) is 19.3. The van der Waals surface area contributed by atoms with Crippen LogP contribution in [0.25, 0.3) is 0 Å². The standard InChI is InChI=1S/C18H18N4O4S2/c1-11(12-4-5-14-15(7-12)26-10-25-14)20-16(23)9-27-18-22-21-17(28-18)19-8-13-3-2-6-24-13/h2-7,11H,8-10H2,1H3,(H,19,21)(H,20,23)/t11-/m1/s1. The van der Waals surface area contributed by atoms with E-state index in [-0.39, 0.29) is 24.5 Å². The van der Waals surface area contributed by atoms with Crippen molar-refractivity contribution in [3.8, 4) is 11.5 Å². The Morgan fingerprint density at radius 2 is 2.18 bits per heavy atom. The number of fused-ring (bicyclic) bond motifs is 1. The number of carbonyl (C=O) groups is 1. The first-order chi connectivity index (χ1) is 13.7. The van der Waals surface area contributed by atoms with Crippen molar-refractivity contribution >= 4 is 34.1 Å². The van der Waals surface area contributed by atoms with Crippen LogP contribution in [0.4, 0.5) is 5.13 Å². The van der Waals surface area contributed by atoms with Gasteiger partial charge in [-0.2, -0.15) is 0 Å². The van der Waals surface area contributed by atoms with Gasteiger partial charge in [-0.25, -0.2) is 0 Å². The molecule has 1 aromatic carbocycles. The molecular formula is C18H18N4O4S2. The molecule has 0 bridgehead atoms. The van der Waals surface area contributed by atoms with Crippen LogP contribution in [0.1, 0.15) is 24.3 Å². The number of amides is 1. The minimum absolute atomic E-state index is 0.0736. The van der Waals surface area contributed by atoms with Crippen LogP contribution in [-0.4, -0.2) is 28.7 Å². The summed E-state index contributed by atoms with van der Waals surface area (Å²) >= 11 is 2.76. The Bertz CT molecular complexity index is 945. The van der Waals surface area contributed by atoms with E-state index in [4.69, 9.17) is 13.9 Å². The summed E-state index contributed by atoms with van der Waals surface area (Å²) in [6.45, 7) is 2.71. The molecule has 1 amide bonds. The lowest BCUT2D eigenvalue weighted by atomic mass is 10.1. The maximum atomic E-state index is 12.3. The van der Waals surface area contributed by atoms with E-state index in [1.807, 2.05) is 37.3 Å². The highest BCUT2D eigenvalue weighted by atomic mass is 32.2. The fourth-order valence-corrected chi connectivity index (χ4v) is 4.15. The molecule has 3 heterocycles. The zero-order valence-electron chi connectivity index (χ0n) is 15.0. The molecule has 1 atom stereocenters. The van der Waals surface area contributed by atoms with Crippen LogP contribution in [0.5, 0.6) is 11.5 Å². The Labute approximate surface area is 169 Å². The number of nitrogens with one attached hydrogen (secondary N) is 2. The van der Waals surface area contributed by atoms with Crippen molar-refractivity contribution in [2.45, 2.75) is 23.8 Å². The molecule has 146 valence electrons. The number of rotatable bonds is 8. The van der Waals surface area contributed by atoms with Gasteiger partial charge in [0.05, 0.1) is 24.6 Å². The predicted octanol–water partition coefficient (Wildman–Crippen LogP) is 3.44. The van der Waals surface area contributed by atoms with Gasteiger partial charge in [-0.1, -0.05) is 29.2 Å². The number of aromatic nitrogens is 2. The minimum Gasteiger partial charge on any atom is -0.467 e. The number of nitrogens with zero attached hydrogens (tertiary/aromatic N) is 2. The first-order valence-electron chi connectivity index (χ1n) is 8.59. The second-order valence-electron chi connectivity index (χ2n) is 6.00. The predicted molar refractivity (Wildman–Crippen MR) is 106 cm³/mol. The molecule has 8 nitrogen and oxygen atoms in total. The Morgan fingerprint density at radius 3 is 3.04 bits per heavy atom. The van der Waals surface area contributed by atoms with Crippen LogP contribution in [0.2, 0.25) is 0 Å². The van der Waals surface area contributed by atoms with Crippen molar-refractivity contribution in [2.24, 2.45) is 0 Å². The average molecular weight is 419 g/mol. The highest BCUT2D eigenvalue weighted by Crippen LogP contribution is 2.34. The highest BCUT2D eigenvalue weighted by molar-refractivity contribution is 8.01. The Kier molecular flexibility index (Phi) is 5.68. The fourth-order valence-electron chi connectivity index (χ4n) is 2.59. The third-order valence-electron chi connectivity index (χ3n) is 4.00. The summed E-state index contributed by atoms with van der Waals surface area (Å²) < 4.78 is 16.7. The summed E-state index contributed by atoms with van der Waals surface area (Å²) in [7, 11) is 0. The van der Waals surface area contributed by atoms with Crippen molar-refractivity contribution in [3.63, 3.8) is 0 Å². The first-order valence-corrected chi connectivity index (χ1v) is 10.4. The lowest BCUT2D eigenvalue weighted by molar-refractivity contribution is -0.119. The van der Waals surface area contributed by atoms with Gasteiger partial charge in [-0.3, -0.25) is 4.79 Å². The van der Waals surface area contributed by atoms with E-state index in [0.717, 1.165) is 21.4 Å². The molecule has 1 aliphatic heterocycles. The second-order valence-corrected chi connectivity index (χ2v) is 8.20. The van der Waals surface area contributed by atoms with Crippen molar-refractivity contribution in [1.29, 1.82) is 0 Å². The lowest BCUT2D eigenvalue weighted by Gasteiger charge is -2.14. The molecule has 28 heavy (non-hydrogen) atoms. The van der Waals surface area contributed by atoms with E-state index >= 15 is 0 Å². The van der Waals surface area contributed by atoms with Crippen molar-refractivity contribution in [2.75, 3.05) is 17.9 Å². The smallest absolute Gasteiger partial charge is 0.231 e. The van der Waals surface area contributed by atoms with E-state index in [1.54, 1.807) is 6.26 Å². The van der Waals surface area contributed by atoms with Crippen LogP contribution in [-0.2, 0) is 11.3 Å². The second kappa shape index (κ2) is 8.53. The van der Waals surface area contributed by atoms with Crippen LogP contribution in [0.15, 0.2) is 45.4 Å². The zero-order valence-corrected chi connectivity index (χ0v) is 16.6. The van der Waals surface area contributed by atoms with E-state index < -0.39 is 0 Å². The van der Waals surface area contributed by atoms with Crippen molar-refractivity contribution in [3.05, 3.63) is 47.9 Å². The van der Waals surface area contributed by atoms with E-state index in [1.165, 1.54) is 23.1 Å². The summed E-state index contributed by atoms with van der Waals surface area (Å²) in [5, 5.41) is 15.0. The largest absolute Gasteiger partial charge is 0.467 e. The molecule has 0 saturated carbocycles. The number of benzene rings is 1. The summed E-state index contributed by atoms with van der Waals surface area (Å²) in [6, 6.07) is 9.25. The molecule has 0 unspecified atom stereocenters. The molecule has 0 aliphatic carbocycles. The van der Waals surface area contributed by atoms with Gasteiger partial charge in [-0.05, 0) is 36.8 Å². The van der Waals surface area contributed by atoms with Crippen LogP contribution in [0.3, 0.4) is 0 Å². The van der Waals surface area contributed by atoms with Gasteiger partial charge in [0.25, 0.3) is 0 Å². The van der Waals surface area contributed by atoms with Gasteiger partial charge in [0.1, 0.15) is 5.76 Å². The summed E-state index contributed by atoms with van der Waals surface area (Å²) in [6.07, 6.45) is 1.63. The van der Waals surface area contributed by atoms with E-state index in [9.17, 15) is 4.79 Å². The SMILES string of the molecule is C[C@@H](NC(=O)CSc1nnc(NCc2ccco2)s1)c1ccc2c(c1)OCO2. The third-order valence-corrected chi connectivity index (χ3v) is 6.02. The number of furan rings is 1. The molecule has 4 rings (SSSR count). The van der Waals surface area contributed by atoms with Gasteiger partial charge in [0.15, 0.2) is 15.8 Å². The Balaban J connectivity index is 1.24. The molecule has 0 radical (unpaired) electrons. The molecule has 0 spiro atoms. The number of hydrogen-bond acceptors (Lipinski definition) is 9. The number of hydrogen-bond donors (Lipinski definition) is 2. The van der Waals surface area contributed by atoms with Crippen molar-refractivity contribution in [1.82, 2.24) is 15.5 Å². The van der Waals surface area contributed by atoms with E-state index in [2.05, 4.69) is 20.8 Å². The number of anilines is 1. The maximum absolute atomic E-state index is 12.3. The number of carbonyl (C=O) groups excluding carboxylic acids is 1. The van der Waals surface area contributed by atoms with E-state index in [0.29, 0.717) is 17.4 Å². The average Bonchev–Trinajstić information content (AvgIpc) is 3.45. The molecule has 2 N–H and O–H groups in total.